The highest BCUT2D eigenvalue weighted by molar-refractivity contribution is 5.80. The lowest BCUT2D eigenvalue weighted by molar-refractivity contribution is -0.119. The summed E-state index contributed by atoms with van der Waals surface area (Å²) in [4.78, 5) is 13.9. The molecule has 134 valence electrons. The highest BCUT2D eigenvalue weighted by Crippen LogP contribution is 2.17. The van der Waals surface area contributed by atoms with Gasteiger partial charge in [-0.1, -0.05) is 0 Å². The number of benzene rings is 2. The number of nitrogens with one attached hydrogen (secondary N) is 2. The van der Waals surface area contributed by atoms with Crippen molar-refractivity contribution in [2.75, 3.05) is 51.1 Å². The number of hydrogen-bond donors (Lipinski definition) is 2. The highest BCUT2D eigenvalue weighted by atomic mass is 16.5. The summed E-state index contributed by atoms with van der Waals surface area (Å²) >= 11 is 0. The second-order valence-electron chi connectivity index (χ2n) is 5.67. The number of carbonyl (C=O) groups excluding carboxylic acids is 1. The van der Waals surface area contributed by atoms with Crippen LogP contribution in [0.5, 0.6) is 11.5 Å². The maximum absolute atomic E-state index is 11.8. The second kappa shape index (κ2) is 9.42. The first-order valence-electron chi connectivity index (χ1n) is 8.13. The smallest absolute Gasteiger partial charge is 0.239 e. The number of hydrogen-bond acceptors (Lipinski definition) is 5. The van der Waals surface area contributed by atoms with E-state index in [0.29, 0.717) is 13.2 Å². The first-order chi connectivity index (χ1) is 12.1. The molecule has 0 aromatic heterocycles. The largest absolute Gasteiger partial charge is 0.497 e. The van der Waals surface area contributed by atoms with Gasteiger partial charge in [0, 0.05) is 25.5 Å². The van der Waals surface area contributed by atoms with Gasteiger partial charge < -0.3 is 25.0 Å². The summed E-state index contributed by atoms with van der Waals surface area (Å²) in [5, 5.41) is 5.91. The summed E-state index contributed by atoms with van der Waals surface area (Å²) in [6.45, 7) is 1.09. The van der Waals surface area contributed by atoms with E-state index in [1.54, 1.807) is 7.11 Å². The van der Waals surface area contributed by atoms with Crippen molar-refractivity contribution in [3.05, 3.63) is 48.5 Å². The maximum atomic E-state index is 11.8. The second-order valence-corrected chi connectivity index (χ2v) is 5.67. The van der Waals surface area contributed by atoms with E-state index < -0.39 is 0 Å². The minimum absolute atomic E-state index is 0.0741. The summed E-state index contributed by atoms with van der Waals surface area (Å²) in [6, 6.07) is 15.2. The molecule has 0 fully saturated rings. The van der Waals surface area contributed by atoms with Crippen LogP contribution < -0.4 is 25.0 Å². The molecule has 0 unspecified atom stereocenters. The van der Waals surface area contributed by atoms with E-state index in [1.165, 1.54) is 0 Å². The molecule has 0 aliphatic carbocycles. The average Bonchev–Trinajstić information content (AvgIpc) is 2.64. The number of amides is 1. The van der Waals surface area contributed by atoms with Crippen LogP contribution in [0.15, 0.2) is 48.5 Å². The van der Waals surface area contributed by atoms with Crippen LogP contribution in [0.1, 0.15) is 0 Å². The van der Waals surface area contributed by atoms with Crippen molar-refractivity contribution in [3.8, 4) is 11.5 Å². The van der Waals surface area contributed by atoms with Gasteiger partial charge in [0.1, 0.15) is 18.1 Å². The summed E-state index contributed by atoms with van der Waals surface area (Å²) in [5.74, 6) is 1.45. The zero-order chi connectivity index (χ0) is 18.1. The Bertz CT molecular complexity index is 655. The van der Waals surface area contributed by atoms with Gasteiger partial charge in [0.15, 0.2) is 0 Å². The summed E-state index contributed by atoms with van der Waals surface area (Å²) in [7, 11) is 5.60. The van der Waals surface area contributed by atoms with E-state index in [4.69, 9.17) is 9.47 Å². The van der Waals surface area contributed by atoms with E-state index in [0.717, 1.165) is 22.9 Å². The van der Waals surface area contributed by atoms with Crippen LogP contribution in [-0.4, -0.2) is 46.8 Å². The fraction of sp³-hybridized carbons (Fsp3) is 0.316. The third-order valence-corrected chi connectivity index (χ3v) is 3.59. The standard InChI is InChI=1S/C19H25N3O3/c1-22(2)16-6-4-15(5-7-16)21-14-19(23)20-12-13-25-18-10-8-17(24-3)9-11-18/h4-11,21H,12-14H2,1-3H3,(H,20,23). The zero-order valence-electron chi connectivity index (χ0n) is 14.9. The molecule has 1 amide bonds. The van der Waals surface area contributed by atoms with E-state index in [9.17, 15) is 4.79 Å². The van der Waals surface area contributed by atoms with Crippen molar-refractivity contribution in [3.63, 3.8) is 0 Å². The Kier molecular flexibility index (Phi) is 6.95. The topological polar surface area (TPSA) is 62.8 Å². The van der Waals surface area contributed by atoms with Gasteiger partial charge in [0.2, 0.25) is 5.91 Å². The Morgan fingerprint density at radius 3 is 2.24 bits per heavy atom. The number of anilines is 2. The molecule has 6 heteroatoms. The van der Waals surface area contributed by atoms with Gasteiger partial charge in [-0.15, -0.1) is 0 Å². The third kappa shape index (κ3) is 6.25. The Balaban J connectivity index is 1.63. The molecule has 2 aromatic rings. The van der Waals surface area contributed by atoms with Crippen LogP contribution in [0.2, 0.25) is 0 Å². The van der Waals surface area contributed by atoms with Gasteiger partial charge in [-0.2, -0.15) is 0 Å². The maximum Gasteiger partial charge on any atom is 0.239 e. The van der Waals surface area contributed by atoms with Crippen LogP contribution >= 0.6 is 0 Å². The number of nitrogens with zero attached hydrogens (tertiary/aromatic N) is 1. The quantitative estimate of drug-likeness (QED) is 0.685. The minimum atomic E-state index is -0.0741. The molecule has 0 saturated carbocycles. The predicted octanol–water partition coefficient (Wildman–Crippen LogP) is 2.37. The summed E-state index contributed by atoms with van der Waals surface area (Å²) in [5.41, 5.74) is 2.03. The molecular weight excluding hydrogens is 318 g/mol. The Hall–Kier alpha value is -2.89. The Morgan fingerprint density at radius 1 is 1.00 bits per heavy atom. The molecule has 0 spiro atoms. The lowest BCUT2D eigenvalue weighted by atomic mass is 10.2. The number of methoxy groups -OCH3 is 1. The molecular formula is C19H25N3O3. The monoisotopic (exact) mass is 343 g/mol. The average molecular weight is 343 g/mol. The van der Waals surface area contributed by atoms with Crippen molar-refractivity contribution in [1.29, 1.82) is 0 Å². The van der Waals surface area contributed by atoms with Crippen LogP contribution in [0.4, 0.5) is 11.4 Å². The van der Waals surface area contributed by atoms with Gasteiger partial charge in [-0.25, -0.2) is 0 Å². The van der Waals surface area contributed by atoms with Crippen molar-refractivity contribution >= 4 is 17.3 Å². The first-order valence-corrected chi connectivity index (χ1v) is 8.13. The number of rotatable bonds is 9. The lowest BCUT2D eigenvalue weighted by Gasteiger charge is -2.13. The fourth-order valence-electron chi connectivity index (χ4n) is 2.15. The van der Waals surface area contributed by atoms with Crippen LogP contribution in [-0.2, 0) is 4.79 Å². The molecule has 0 heterocycles. The van der Waals surface area contributed by atoms with Crippen molar-refractivity contribution in [2.45, 2.75) is 0 Å². The van der Waals surface area contributed by atoms with E-state index in [1.807, 2.05) is 67.5 Å². The molecule has 6 nitrogen and oxygen atoms in total. The van der Waals surface area contributed by atoms with Crippen molar-refractivity contribution < 1.29 is 14.3 Å². The van der Waals surface area contributed by atoms with Gasteiger partial charge in [0.05, 0.1) is 20.2 Å². The molecule has 0 aliphatic rings. The minimum Gasteiger partial charge on any atom is -0.497 e. The molecule has 0 radical (unpaired) electrons. The molecule has 0 saturated heterocycles. The van der Waals surface area contributed by atoms with E-state index in [-0.39, 0.29) is 12.5 Å². The molecule has 0 atom stereocenters. The van der Waals surface area contributed by atoms with Gasteiger partial charge in [-0.3, -0.25) is 4.79 Å². The molecule has 2 N–H and O–H groups in total. The molecule has 2 aromatic carbocycles. The molecule has 0 aliphatic heterocycles. The Labute approximate surface area is 148 Å². The van der Waals surface area contributed by atoms with Gasteiger partial charge >= 0.3 is 0 Å². The van der Waals surface area contributed by atoms with Crippen molar-refractivity contribution in [2.24, 2.45) is 0 Å². The van der Waals surface area contributed by atoms with Crippen LogP contribution in [0.3, 0.4) is 0 Å². The predicted molar refractivity (Wildman–Crippen MR) is 101 cm³/mol. The van der Waals surface area contributed by atoms with Gasteiger partial charge in [-0.05, 0) is 48.5 Å². The molecule has 2 rings (SSSR count). The lowest BCUT2D eigenvalue weighted by Crippen LogP contribution is -2.33. The third-order valence-electron chi connectivity index (χ3n) is 3.59. The van der Waals surface area contributed by atoms with Crippen LogP contribution in [0.25, 0.3) is 0 Å². The number of ether oxygens (including phenoxy) is 2. The van der Waals surface area contributed by atoms with Gasteiger partial charge in [0.25, 0.3) is 0 Å². The normalized spacial score (nSPS) is 10.0. The molecule has 25 heavy (non-hydrogen) atoms. The molecule has 0 bridgehead atoms. The van der Waals surface area contributed by atoms with Crippen LogP contribution in [0, 0.1) is 0 Å². The fourth-order valence-corrected chi connectivity index (χ4v) is 2.15. The summed E-state index contributed by atoms with van der Waals surface area (Å²) in [6.07, 6.45) is 0. The highest BCUT2D eigenvalue weighted by Gasteiger charge is 2.02. The Morgan fingerprint density at radius 2 is 1.64 bits per heavy atom. The van der Waals surface area contributed by atoms with Crippen molar-refractivity contribution in [1.82, 2.24) is 5.32 Å². The number of carbonyl (C=O) groups is 1. The zero-order valence-corrected chi connectivity index (χ0v) is 14.9. The van der Waals surface area contributed by atoms with E-state index >= 15 is 0 Å². The van der Waals surface area contributed by atoms with E-state index in [2.05, 4.69) is 10.6 Å². The first kappa shape index (κ1) is 18.4. The SMILES string of the molecule is COc1ccc(OCCNC(=O)CNc2ccc(N(C)C)cc2)cc1. The summed E-state index contributed by atoms with van der Waals surface area (Å²) < 4.78 is 10.6.